The lowest BCUT2D eigenvalue weighted by atomic mass is 10.1. The third kappa shape index (κ3) is 9.55. The van der Waals surface area contributed by atoms with E-state index in [0.717, 1.165) is 17.9 Å². The highest BCUT2D eigenvalue weighted by Crippen LogP contribution is 2.16. The van der Waals surface area contributed by atoms with Gasteiger partial charge in [-0.25, -0.2) is 4.68 Å². The maximum Gasteiger partial charge on any atom is 0.122 e. The minimum Gasteiger partial charge on any atom is -0.375 e. The van der Waals surface area contributed by atoms with E-state index in [1.807, 2.05) is 17.9 Å². The van der Waals surface area contributed by atoms with E-state index in [-0.39, 0.29) is 11.1 Å². The van der Waals surface area contributed by atoms with Crippen molar-refractivity contribution in [2.45, 2.75) is 58.8 Å². The smallest absolute Gasteiger partial charge is 0.122 e. The number of hydroxylamine groups is 2. The van der Waals surface area contributed by atoms with Crippen molar-refractivity contribution in [3.8, 4) is 0 Å². The molecular formula is C17H34N4O3S. The lowest BCUT2D eigenvalue weighted by molar-refractivity contribution is -0.214. The molecule has 0 N–H and O–H groups in total. The average molecular weight is 375 g/mol. The Labute approximate surface area is 156 Å². The van der Waals surface area contributed by atoms with Crippen molar-refractivity contribution in [1.82, 2.24) is 20.1 Å². The molecule has 0 unspecified atom stereocenters. The fraction of sp³-hybridized carbons (Fsp3) is 0.882. The summed E-state index contributed by atoms with van der Waals surface area (Å²) in [6.07, 6.45) is 4.79. The molecule has 0 saturated carbocycles. The molecule has 0 atom stereocenters. The zero-order chi connectivity index (χ0) is 18.9. The van der Waals surface area contributed by atoms with Gasteiger partial charge in [0.2, 0.25) is 0 Å². The van der Waals surface area contributed by atoms with Gasteiger partial charge < -0.3 is 9.47 Å². The van der Waals surface area contributed by atoms with Crippen LogP contribution in [-0.2, 0) is 26.5 Å². The fourth-order valence-corrected chi connectivity index (χ4v) is 2.08. The number of ether oxygens (including phenoxy) is 2. The first kappa shape index (κ1) is 22.4. The second-order valence-electron chi connectivity index (χ2n) is 7.61. The minimum atomic E-state index is -0.278. The summed E-state index contributed by atoms with van der Waals surface area (Å²) in [5.74, 6) is 0.974. The van der Waals surface area contributed by atoms with Crippen molar-refractivity contribution in [1.29, 1.82) is 0 Å². The Morgan fingerprint density at radius 2 is 1.92 bits per heavy atom. The van der Waals surface area contributed by atoms with Gasteiger partial charge in [-0.15, -0.1) is 5.10 Å². The summed E-state index contributed by atoms with van der Waals surface area (Å²) in [4.78, 5) is 5.53. The Kier molecular flexibility index (Phi) is 9.37. The maximum atomic E-state index is 5.91. The third-order valence-electron chi connectivity index (χ3n) is 3.56. The number of hydrogen-bond donors (Lipinski definition) is 0. The second kappa shape index (κ2) is 10.5. The summed E-state index contributed by atoms with van der Waals surface area (Å²) >= 11 is 1.76. The van der Waals surface area contributed by atoms with Crippen LogP contribution in [0.15, 0.2) is 6.20 Å². The molecule has 146 valence electrons. The molecule has 7 nitrogen and oxygen atoms in total. The number of aromatic nitrogens is 3. The first-order valence-corrected chi connectivity index (χ1v) is 10.00. The number of rotatable bonds is 12. The number of nitrogens with zero attached hydrogens (tertiary/aromatic N) is 4. The SMILES string of the molecule is CSCCON(C)COC(C)(C)CCOCc1cn(C(C)(C)C)nn1. The Morgan fingerprint density at radius 3 is 2.52 bits per heavy atom. The summed E-state index contributed by atoms with van der Waals surface area (Å²) in [5, 5.41) is 10.0. The molecule has 0 aromatic carbocycles. The van der Waals surface area contributed by atoms with Crippen molar-refractivity contribution in [3.63, 3.8) is 0 Å². The van der Waals surface area contributed by atoms with Crippen molar-refractivity contribution in [2.24, 2.45) is 0 Å². The zero-order valence-corrected chi connectivity index (χ0v) is 17.6. The van der Waals surface area contributed by atoms with Crippen LogP contribution in [0, 0.1) is 0 Å². The van der Waals surface area contributed by atoms with Crippen LogP contribution in [-0.4, -0.2) is 64.7 Å². The highest BCUT2D eigenvalue weighted by Gasteiger charge is 2.20. The predicted molar refractivity (Wildman–Crippen MR) is 101 cm³/mol. The molecule has 1 heterocycles. The van der Waals surface area contributed by atoms with Crippen LogP contribution in [0.25, 0.3) is 0 Å². The van der Waals surface area contributed by atoms with Gasteiger partial charge in [-0.05, 0) is 47.3 Å². The van der Waals surface area contributed by atoms with Gasteiger partial charge in [0, 0.05) is 19.4 Å². The van der Waals surface area contributed by atoms with Crippen LogP contribution in [0.2, 0.25) is 0 Å². The fourth-order valence-electron chi connectivity index (χ4n) is 1.84. The van der Waals surface area contributed by atoms with Crippen LogP contribution in [0.3, 0.4) is 0 Å². The quantitative estimate of drug-likeness (QED) is 0.317. The van der Waals surface area contributed by atoms with E-state index in [9.17, 15) is 0 Å². The van der Waals surface area contributed by atoms with Gasteiger partial charge in [-0.2, -0.15) is 16.8 Å². The highest BCUT2D eigenvalue weighted by molar-refractivity contribution is 7.98. The van der Waals surface area contributed by atoms with Gasteiger partial charge in [0.25, 0.3) is 0 Å². The summed E-state index contributed by atoms with van der Waals surface area (Å²) in [5.41, 5.74) is 0.501. The monoisotopic (exact) mass is 374 g/mol. The van der Waals surface area contributed by atoms with Crippen molar-refractivity contribution < 1.29 is 14.3 Å². The third-order valence-corrected chi connectivity index (χ3v) is 4.14. The van der Waals surface area contributed by atoms with E-state index in [1.165, 1.54) is 0 Å². The Bertz CT molecular complexity index is 488. The molecule has 0 aliphatic carbocycles. The first-order chi connectivity index (χ1) is 11.6. The molecule has 0 radical (unpaired) electrons. The zero-order valence-electron chi connectivity index (χ0n) is 16.7. The topological polar surface area (TPSA) is 61.6 Å². The number of hydrogen-bond acceptors (Lipinski definition) is 7. The maximum absolute atomic E-state index is 5.91. The molecule has 1 aromatic rings. The van der Waals surface area contributed by atoms with E-state index in [2.05, 4.69) is 51.2 Å². The second-order valence-corrected chi connectivity index (χ2v) is 8.60. The highest BCUT2D eigenvalue weighted by atomic mass is 32.2. The van der Waals surface area contributed by atoms with Crippen molar-refractivity contribution in [2.75, 3.05) is 39.0 Å². The van der Waals surface area contributed by atoms with E-state index in [1.54, 1.807) is 16.8 Å². The molecule has 1 rings (SSSR count). The normalized spacial score (nSPS) is 13.0. The van der Waals surface area contributed by atoms with Gasteiger partial charge >= 0.3 is 0 Å². The summed E-state index contributed by atoms with van der Waals surface area (Å²) in [7, 11) is 1.88. The van der Waals surface area contributed by atoms with Crippen LogP contribution in [0.4, 0.5) is 0 Å². The van der Waals surface area contributed by atoms with Gasteiger partial charge in [0.05, 0.1) is 30.6 Å². The van der Waals surface area contributed by atoms with E-state index in [0.29, 0.717) is 26.6 Å². The summed E-state index contributed by atoms with van der Waals surface area (Å²) in [6, 6.07) is 0. The van der Waals surface area contributed by atoms with E-state index < -0.39 is 0 Å². The van der Waals surface area contributed by atoms with Crippen LogP contribution < -0.4 is 0 Å². The lowest BCUT2D eigenvalue weighted by Gasteiger charge is -2.28. The number of thioether (sulfide) groups is 1. The van der Waals surface area contributed by atoms with Gasteiger partial charge in [-0.1, -0.05) is 5.21 Å². The first-order valence-electron chi connectivity index (χ1n) is 8.60. The van der Waals surface area contributed by atoms with Crippen molar-refractivity contribution >= 4 is 11.8 Å². The lowest BCUT2D eigenvalue weighted by Crippen LogP contribution is -2.33. The Morgan fingerprint density at radius 1 is 1.20 bits per heavy atom. The van der Waals surface area contributed by atoms with Crippen LogP contribution in [0.5, 0.6) is 0 Å². The van der Waals surface area contributed by atoms with Crippen LogP contribution in [0.1, 0.15) is 46.7 Å². The van der Waals surface area contributed by atoms with E-state index >= 15 is 0 Å². The molecule has 25 heavy (non-hydrogen) atoms. The summed E-state index contributed by atoms with van der Waals surface area (Å²) in [6.45, 7) is 12.6. The molecule has 8 heteroatoms. The van der Waals surface area contributed by atoms with Gasteiger partial charge in [0.1, 0.15) is 12.4 Å². The average Bonchev–Trinajstić information content (AvgIpc) is 2.99. The van der Waals surface area contributed by atoms with Gasteiger partial charge in [0.15, 0.2) is 0 Å². The van der Waals surface area contributed by atoms with Crippen LogP contribution >= 0.6 is 11.8 Å². The molecule has 0 bridgehead atoms. The molecule has 0 amide bonds. The summed E-state index contributed by atoms with van der Waals surface area (Å²) < 4.78 is 13.5. The van der Waals surface area contributed by atoms with E-state index in [4.69, 9.17) is 14.3 Å². The Balaban J connectivity index is 2.22. The minimum absolute atomic E-state index is 0.0645. The molecule has 0 aliphatic heterocycles. The molecule has 0 fully saturated rings. The molecular weight excluding hydrogens is 340 g/mol. The van der Waals surface area contributed by atoms with Crippen molar-refractivity contribution in [3.05, 3.63) is 11.9 Å². The predicted octanol–water partition coefficient (Wildman–Crippen LogP) is 2.92. The Hall–Kier alpha value is -0.670. The molecule has 0 spiro atoms. The molecule has 1 aromatic heterocycles. The molecule has 0 saturated heterocycles. The van der Waals surface area contributed by atoms with Gasteiger partial charge in [-0.3, -0.25) is 4.84 Å². The molecule has 0 aliphatic rings. The standard InChI is InChI=1S/C17H34N4O3S/c1-16(2,3)21-12-15(18-19-21)13-22-9-8-17(4,5)23-14-20(6)24-10-11-25-7/h12H,8-11,13-14H2,1-7H3. The largest absolute Gasteiger partial charge is 0.375 e.